The van der Waals surface area contributed by atoms with E-state index in [1.54, 1.807) is 25.1 Å². The van der Waals surface area contributed by atoms with Gasteiger partial charge < -0.3 is 39.4 Å². The van der Waals surface area contributed by atoms with Crippen molar-refractivity contribution in [3.8, 4) is 34.5 Å². The van der Waals surface area contributed by atoms with Gasteiger partial charge in [-0.05, 0) is 68.9 Å². The first-order valence-corrected chi connectivity index (χ1v) is 15.7. The molecule has 0 spiro atoms. The number of phenolic OH excluding ortho intramolecular Hbond substituents is 1. The lowest BCUT2D eigenvalue weighted by atomic mass is 9.76. The van der Waals surface area contributed by atoms with Crippen molar-refractivity contribution < 1.29 is 60.3 Å². The fourth-order valence-electron chi connectivity index (χ4n) is 7.00. The number of ether oxygens (including phenoxy) is 5. The lowest BCUT2D eigenvalue weighted by molar-refractivity contribution is -0.286. The van der Waals surface area contributed by atoms with E-state index in [9.17, 15) is 36.6 Å². The molecular weight excluding hydrogens is 659 g/mol. The summed E-state index contributed by atoms with van der Waals surface area (Å²) in [5, 5.41) is 15.8. The fraction of sp³-hybridized carbons (Fsp3) is 0.412. The van der Waals surface area contributed by atoms with E-state index >= 15 is 0 Å². The second kappa shape index (κ2) is 11.9. The van der Waals surface area contributed by atoms with E-state index in [4.69, 9.17) is 9.47 Å². The SMILES string of the molecule is C[C@]1(C(=O)N[C@@H]2C[C@H](C3CCC(C(=O)Nc4ccccc4O)CC3)Oc3cc(OC(F)(F)F)ccc32)COc2cc3c(cc21)OC(F)(F)O3. The normalized spacial score (nSPS) is 26.4. The molecule has 0 bridgehead atoms. The highest BCUT2D eigenvalue weighted by Gasteiger charge is 2.50. The summed E-state index contributed by atoms with van der Waals surface area (Å²) in [4.78, 5) is 26.9. The van der Waals surface area contributed by atoms with E-state index in [-0.39, 0.29) is 59.5 Å². The van der Waals surface area contributed by atoms with Crippen LogP contribution in [0.25, 0.3) is 0 Å². The number of benzene rings is 3. The van der Waals surface area contributed by atoms with Crippen LogP contribution in [0.4, 0.5) is 27.6 Å². The predicted molar refractivity (Wildman–Crippen MR) is 161 cm³/mol. The number of fused-ring (bicyclic) bond motifs is 3. The summed E-state index contributed by atoms with van der Waals surface area (Å²) < 4.78 is 91.9. The van der Waals surface area contributed by atoms with Crippen LogP contribution in [-0.2, 0) is 15.0 Å². The van der Waals surface area contributed by atoms with E-state index < -0.39 is 41.9 Å². The third-order valence-corrected chi connectivity index (χ3v) is 9.59. The van der Waals surface area contributed by atoms with Gasteiger partial charge >= 0.3 is 12.7 Å². The molecule has 3 N–H and O–H groups in total. The summed E-state index contributed by atoms with van der Waals surface area (Å²) in [5.74, 6) is -1.87. The van der Waals surface area contributed by atoms with Gasteiger partial charge in [0.1, 0.15) is 41.1 Å². The van der Waals surface area contributed by atoms with Crippen molar-refractivity contribution in [2.45, 2.75) is 69.2 Å². The molecular formula is C34H31F5N2O8. The van der Waals surface area contributed by atoms with Gasteiger partial charge in [0.15, 0.2) is 11.5 Å². The zero-order valence-corrected chi connectivity index (χ0v) is 25.9. The minimum Gasteiger partial charge on any atom is -0.506 e. The van der Waals surface area contributed by atoms with Gasteiger partial charge in [-0.1, -0.05) is 12.1 Å². The number of hydrogen-bond acceptors (Lipinski definition) is 8. The fourth-order valence-corrected chi connectivity index (χ4v) is 7.00. The molecule has 7 rings (SSSR count). The quantitative estimate of drug-likeness (QED) is 0.193. The van der Waals surface area contributed by atoms with Crippen molar-refractivity contribution in [3.05, 3.63) is 65.7 Å². The van der Waals surface area contributed by atoms with Gasteiger partial charge in [-0.2, -0.15) is 0 Å². The van der Waals surface area contributed by atoms with Gasteiger partial charge in [-0.3, -0.25) is 9.59 Å². The highest BCUT2D eigenvalue weighted by Crippen LogP contribution is 2.50. The molecule has 1 fully saturated rings. The predicted octanol–water partition coefficient (Wildman–Crippen LogP) is 6.72. The van der Waals surface area contributed by atoms with Crippen LogP contribution in [0.5, 0.6) is 34.5 Å². The lowest BCUT2D eigenvalue weighted by Crippen LogP contribution is -2.47. The Balaban J connectivity index is 1.09. The number of hydrogen-bond donors (Lipinski definition) is 3. The first-order chi connectivity index (χ1) is 23.2. The monoisotopic (exact) mass is 690 g/mol. The molecule has 1 saturated carbocycles. The average Bonchev–Trinajstić information content (AvgIpc) is 3.54. The number of amides is 2. The Morgan fingerprint density at radius 2 is 1.65 bits per heavy atom. The van der Waals surface area contributed by atoms with E-state index in [2.05, 4.69) is 24.8 Å². The van der Waals surface area contributed by atoms with Crippen LogP contribution >= 0.6 is 0 Å². The van der Waals surface area contributed by atoms with Crippen molar-refractivity contribution in [2.24, 2.45) is 11.8 Å². The van der Waals surface area contributed by atoms with Crippen molar-refractivity contribution in [3.63, 3.8) is 0 Å². The Labute approximate surface area is 276 Å². The van der Waals surface area contributed by atoms with E-state index in [1.807, 2.05) is 0 Å². The summed E-state index contributed by atoms with van der Waals surface area (Å²) in [6.45, 7) is 1.48. The Kier molecular flexibility index (Phi) is 7.90. The van der Waals surface area contributed by atoms with Crippen LogP contribution in [0.2, 0.25) is 0 Å². The summed E-state index contributed by atoms with van der Waals surface area (Å²) in [5.41, 5.74) is -0.284. The number of aromatic hydroxyl groups is 1. The first kappa shape index (κ1) is 32.6. The smallest absolute Gasteiger partial charge is 0.506 e. The second-order valence-electron chi connectivity index (χ2n) is 12.9. The molecule has 10 nitrogen and oxygen atoms in total. The number of halogens is 5. The van der Waals surface area contributed by atoms with Crippen molar-refractivity contribution in [1.82, 2.24) is 5.32 Å². The second-order valence-corrected chi connectivity index (χ2v) is 12.9. The maximum Gasteiger partial charge on any atom is 0.586 e. The van der Waals surface area contributed by atoms with E-state index in [0.29, 0.717) is 42.5 Å². The maximum absolute atomic E-state index is 14.0. The Bertz CT molecular complexity index is 1790. The average molecular weight is 691 g/mol. The van der Waals surface area contributed by atoms with Crippen LogP contribution in [0.1, 0.15) is 56.2 Å². The van der Waals surface area contributed by atoms with Gasteiger partial charge in [-0.25, -0.2) is 0 Å². The first-order valence-electron chi connectivity index (χ1n) is 15.7. The summed E-state index contributed by atoms with van der Waals surface area (Å²) in [6, 6.07) is 11.9. The van der Waals surface area contributed by atoms with Gasteiger partial charge in [0.25, 0.3) is 0 Å². The number of anilines is 1. The lowest BCUT2D eigenvalue weighted by Gasteiger charge is -2.40. The van der Waals surface area contributed by atoms with Gasteiger partial charge in [0.2, 0.25) is 11.8 Å². The molecule has 3 aliphatic heterocycles. The molecule has 3 heterocycles. The van der Waals surface area contributed by atoms with Crippen molar-refractivity contribution in [2.75, 3.05) is 11.9 Å². The molecule has 0 saturated heterocycles. The summed E-state index contributed by atoms with van der Waals surface area (Å²) in [6.07, 6.45) is -6.91. The van der Waals surface area contributed by atoms with Crippen LogP contribution in [-0.4, -0.2) is 42.3 Å². The van der Waals surface area contributed by atoms with Crippen LogP contribution in [0.15, 0.2) is 54.6 Å². The minimum absolute atomic E-state index is 0.0462. The molecule has 2 amide bonds. The number of nitrogens with one attached hydrogen (secondary N) is 2. The number of rotatable bonds is 6. The van der Waals surface area contributed by atoms with Gasteiger partial charge in [0.05, 0.1) is 11.7 Å². The molecule has 0 aromatic heterocycles. The summed E-state index contributed by atoms with van der Waals surface area (Å²) in [7, 11) is 0. The molecule has 3 aromatic rings. The zero-order chi connectivity index (χ0) is 34.7. The van der Waals surface area contributed by atoms with Crippen LogP contribution in [0, 0.1) is 11.8 Å². The van der Waals surface area contributed by atoms with Gasteiger partial charge in [-0.15, -0.1) is 22.0 Å². The minimum atomic E-state index is -4.94. The molecule has 1 aliphatic carbocycles. The highest BCUT2D eigenvalue weighted by atomic mass is 19.4. The van der Waals surface area contributed by atoms with E-state index in [0.717, 1.165) is 12.1 Å². The maximum atomic E-state index is 14.0. The number of para-hydroxylation sites is 2. The Hall–Kier alpha value is -4.95. The molecule has 15 heteroatoms. The topological polar surface area (TPSA) is 125 Å². The molecule has 4 aliphatic rings. The number of alkyl halides is 5. The van der Waals surface area contributed by atoms with Gasteiger partial charge in [0, 0.05) is 35.6 Å². The van der Waals surface area contributed by atoms with Crippen molar-refractivity contribution in [1.29, 1.82) is 0 Å². The number of carbonyl (C=O) groups is 2. The highest BCUT2D eigenvalue weighted by molar-refractivity contribution is 5.94. The van der Waals surface area contributed by atoms with Crippen LogP contribution < -0.4 is 34.3 Å². The standard InChI is InChI=1S/C34H31F5N2O8/c1-32(16-45-27-15-29-28(13-21(27)32)48-34(38,39)49-29)31(44)41-23-14-25(46-26-12-19(10-11-20(23)26)47-33(35,36)37)17-6-8-18(9-7-17)30(43)40-22-4-2-3-5-24(22)42/h2-5,10-13,15,17-18,23,25,42H,6-9,14,16H2,1H3,(H,40,43)(H,41,44)/t17?,18?,23-,25-,32+/m1/s1. The molecule has 3 atom stereocenters. The number of phenols is 1. The summed E-state index contributed by atoms with van der Waals surface area (Å²) >= 11 is 0. The van der Waals surface area contributed by atoms with Crippen LogP contribution in [0.3, 0.4) is 0 Å². The van der Waals surface area contributed by atoms with E-state index in [1.165, 1.54) is 24.3 Å². The number of carbonyl (C=O) groups excluding carboxylic acids is 2. The molecule has 260 valence electrons. The third-order valence-electron chi connectivity index (χ3n) is 9.59. The molecule has 0 unspecified atom stereocenters. The molecule has 0 radical (unpaired) electrons. The molecule has 49 heavy (non-hydrogen) atoms. The molecule has 3 aromatic carbocycles. The largest absolute Gasteiger partial charge is 0.586 e. The Morgan fingerprint density at radius 1 is 0.939 bits per heavy atom. The third kappa shape index (κ3) is 6.45. The Morgan fingerprint density at radius 3 is 2.37 bits per heavy atom. The van der Waals surface area contributed by atoms with Crippen molar-refractivity contribution >= 4 is 17.5 Å². The zero-order valence-electron chi connectivity index (χ0n) is 25.9.